The number of aromatic nitrogens is 3. The second kappa shape index (κ2) is 48.0. The van der Waals surface area contributed by atoms with Gasteiger partial charge in [0.15, 0.2) is 5.69 Å². The van der Waals surface area contributed by atoms with Crippen molar-refractivity contribution >= 4 is 88.6 Å². The maximum Gasteiger partial charge on any atom is 0.373 e. The van der Waals surface area contributed by atoms with E-state index in [4.69, 9.17) is 54.9 Å². The molecular weight excluding hydrogens is 1740 g/mol. The molecule has 0 unspecified atom stereocenters. The number of carbonyl (C=O) groups excluding carboxylic acids is 2. The van der Waals surface area contributed by atoms with E-state index in [2.05, 4.69) is 152 Å². The van der Waals surface area contributed by atoms with Crippen LogP contribution in [0.4, 0.5) is 0 Å². The van der Waals surface area contributed by atoms with Crippen molar-refractivity contribution in [2.75, 3.05) is 0 Å². The van der Waals surface area contributed by atoms with E-state index in [0.717, 1.165) is 58.7 Å². The predicted octanol–water partition coefficient (Wildman–Crippen LogP) is 23.6. The van der Waals surface area contributed by atoms with E-state index in [1.807, 2.05) is 103 Å². The Labute approximate surface area is 784 Å². The van der Waals surface area contributed by atoms with Gasteiger partial charge in [0.2, 0.25) is 0 Å². The van der Waals surface area contributed by atoms with Crippen LogP contribution in [0.5, 0.6) is 0 Å². The largest absolute Gasteiger partial charge is 0.478 e. The molecule has 2 aliphatic carbocycles. The molecule has 134 heavy (non-hydrogen) atoms. The normalized spacial score (nSPS) is 11.0. The van der Waals surface area contributed by atoms with Gasteiger partial charge >= 0.3 is 59.9 Å². The summed E-state index contributed by atoms with van der Waals surface area (Å²) in [5, 5.41) is 79.9. The highest BCUT2D eigenvalue weighted by atomic mass is 32.1. The number of nitrogens with one attached hydrogen (secondary N) is 1. The third kappa shape index (κ3) is 27.3. The van der Waals surface area contributed by atoms with Gasteiger partial charge in [-0.2, -0.15) is 9.59 Å². The number of thiophene rings is 1. The molecule has 5 aromatic heterocycles. The molecule has 688 valence electrons. The van der Waals surface area contributed by atoms with Crippen molar-refractivity contribution in [1.82, 2.24) is 15.0 Å². The molecule has 26 heteroatoms. The first-order valence-corrected chi connectivity index (χ1v) is 43.2. The van der Waals surface area contributed by atoms with Crippen LogP contribution in [0.2, 0.25) is 0 Å². The first kappa shape index (κ1) is 105. The summed E-state index contributed by atoms with van der Waals surface area (Å²) in [5.41, 5.74) is 27.0. The number of nitrogens with zero attached hydrogens (tertiary/aromatic N) is 2. The smallest absolute Gasteiger partial charge is 0.373 e. The molecule has 10 N–H and O–H groups in total. The minimum atomic E-state index is -0.943. The van der Waals surface area contributed by atoms with Gasteiger partial charge in [-0.15, -0.1) is 28.6 Å². The van der Waals surface area contributed by atoms with Gasteiger partial charge in [-0.3, -0.25) is 4.98 Å². The Kier molecular flexibility index (Phi) is 37.6. The Morgan fingerprint density at radius 1 is 0.418 bits per heavy atom. The number of fused-ring (bicyclic) bond motifs is 6. The van der Waals surface area contributed by atoms with Gasteiger partial charge in [0.25, 0.3) is 0 Å². The van der Waals surface area contributed by atoms with E-state index in [0.29, 0.717) is 56.3 Å². The second-order valence-electron chi connectivity index (χ2n) is 31.3. The van der Waals surface area contributed by atoms with Crippen molar-refractivity contribution < 1.29 is 103 Å². The number of hydrogen-bond acceptors (Lipinski definition) is 16. The summed E-state index contributed by atoms with van der Waals surface area (Å²) < 4.78 is 4.99. The van der Waals surface area contributed by atoms with E-state index in [1.54, 1.807) is 121 Å². The van der Waals surface area contributed by atoms with Crippen molar-refractivity contribution in [2.45, 2.75) is 136 Å². The minimum absolute atomic E-state index is 0.164. The van der Waals surface area contributed by atoms with Crippen LogP contribution in [0, 0.1) is 123 Å². The molecule has 16 rings (SSSR count). The Hall–Kier alpha value is -16.1. The number of aromatic amines is 1. The number of H-pyrrole nitrogens is 1. The predicted molar refractivity (Wildman–Crippen MR) is 517 cm³/mol. The van der Waals surface area contributed by atoms with Crippen molar-refractivity contribution in [3.8, 4) is 34.1 Å². The van der Waals surface area contributed by atoms with Gasteiger partial charge in [0.1, 0.15) is 17.1 Å². The molecule has 0 saturated carbocycles. The number of furan rings is 1. The summed E-state index contributed by atoms with van der Waals surface area (Å²) >= 11 is 2.92. The van der Waals surface area contributed by atoms with Gasteiger partial charge in [-0.05, 0) is 264 Å². The third-order valence-corrected chi connectivity index (χ3v) is 22.8. The van der Waals surface area contributed by atoms with E-state index < -0.39 is 59.1 Å². The summed E-state index contributed by atoms with van der Waals surface area (Å²) in [4.78, 5) is 126. The van der Waals surface area contributed by atoms with Crippen molar-refractivity contribution in [1.29, 1.82) is 0 Å². The number of carbonyl (C=O) groups is 9. The third-order valence-electron chi connectivity index (χ3n) is 21.0. The van der Waals surface area contributed by atoms with Gasteiger partial charge in [0, 0.05) is 43.7 Å². The summed E-state index contributed by atoms with van der Waals surface area (Å²) in [7, 11) is 0. The second-order valence-corrected chi connectivity index (χ2v) is 34.2. The number of aromatic carboxylic acids is 9. The van der Waals surface area contributed by atoms with Crippen molar-refractivity contribution in [2.24, 2.45) is 0 Å². The molecule has 24 nitrogen and oxygen atoms in total. The Morgan fingerprint density at radius 3 is 1.23 bits per heavy atom. The molecule has 0 aliphatic heterocycles. The molecule has 0 spiro atoms. The molecule has 0 fully saturated rings. The van der Waals surface area contributed by atoms with Crippen LogP contribution < -0.4 is 0 Å². The van der Waals surface area contributed by atoms with Gasteiger partial charge in [-0.25, -0.2) is 48.1 Å². The Morgan fingerprint density at radius 2 is 0.858 bits per heavy atom. The quantitative estimate of drug-likeness (QED) is 0.0479. The molecule has 0 atom stereocenters. The van der Waals surface area contributed by atoms with Crippen molar-refractivity contribution in [3.63, 3.8) is 0 Å². The zero-order valence-electron chi connectivity index (χ0n) is 77.2. The van der Waals surface area contributed by atoms with Gasteiger partial charge in [-0.1, -0.05) is 197 Å². The fourth-order valence-electron chi connectivity index (χ4n) is 15.0. The molecule has 0 saturated heterocycles. The van der Waals surface area contributed by atoms with E-state index >= 15 is 0 Å². The fraction of sp³-hybridized carbons (Fsp3) is 0.185. The minimum Gasteiger partial charge on any atom is -0.478 e. The number of aryl methyl sites for hydroxylation is 16. The average Bonchev–Trinajstić information content (AvgIpc) is 1.53. The Bertz CT molecular complexity index is 6500. The summed E-state index contributed by atoms with van der Waals surface area (Å²) in [6.07, 6.45) is 5.53. The van der Waals surface area contributed by atoms with Crippen LogP contribution in [0.15, 0.2) is 229 Å². The molecule has 0 bridgehead atoms. The summed E-state index contributed by atoms with van der Waals surface area (Å²) in [5.74, 6) is -1.40. The van der Waals surface area contributed by atoms with Gasteiger partial charge in [0.05, 0.1) is 55.1 Å². The summed E-state index contributed by atoms with van der Waals surface area (Å²) in [6.45, 7) is 33.5. The molecule has 0 amide bonds. The number of carboxylic acid groups (broad SMARTS) is 9. The monoisotopic (exact) mass is 1840 g/mol. The van der Waals surface area contributed by atoms with E-state index in [-0.39, 0.29) is 34.5 Å². The molecule has 0 radical (unpaired) electrons. The molecular formula is C108H103N3O21S2. The van der Waals surface area contributed by atoms with Crippen LogP contribution >= 0.6 is 22.7 Å². The van der Waals surface area contributed by atoms with Crippen LogP contribution in [-0.4, -0.2) is 121 Å². The fourth-order valence-corrected chi connectivity index (χ4v) is 16.8. The highest BCUT2D eigenvalue weighted by Crippen LogP contribution is 2.57. The number of thiazole rings is 1. The lowest BCUT2D eigenvalue weighted by atomic mass is 9.67. The van der Waals surface area contributed by atoms with E-state index in [1.165, 1.54) is 101 Å². The number of benzene rings is 9. The number of pyridine rings is 1. The average molecular weight is 1840 g/mol. The van der Waals surface area contributed by atoms with Gasteiger partial charge < -0.3 is 55.4 Å². The maximum absolute atomic E-state index is 11.5. The van der Waals surface area contributed by atoms with Crippen LogP contribution in [0.1, 0.15) is 250 Å². The highest BCUT2D eigenvalue weighted by molar-refractivity contribution is 7.12. The highest BCUT2D eigenvalue weighted by Gasteiger charge is 2.46. The Balaban J connectivity index is 0.000000213. The molecule has 9 aromatic carbocycles. The topological polar surface area (TPSA) is 425 Å². The number of carboxylic acids is 9. The lowest BCUT2D eigenvalue weighted by Crippen LogP contribution is -2.28. The molecule has 2 aliphatic rings. The van der Waals surface area contributed by atoms with E-state index in [9.17, 15) is 48.3 Å². The first-order chi connectivity index (χ1) is 63.3. The summed E-state index contributed by atoms with van der Waals surface area (Å²) in [6, 6.07) is 68.8. The van der Waals surface area contributed by atoms with Crippen LogP contribution in [0.3, 0.4) is 0 Å². The molecule has 14 aromatic rings. The maximum atomic E-state index is 11.5. The first-order valence-electron chi connectivity index (χ1n) is 41.6. The van der Waals surface area contributed by atoms with Crippen LogP contribution in [0.25, 0.3) is 28.3 Å². The van der Waals surface area contributed by atoms with Crippen molar-refractivity contribution in [3.05, 3.63) is 412 Å². The SMILES string of the molecule is CC#Cc1ccc(C)cc1C(=O)O.CC=Cc1ccc(C)cc1C(=O)O.Cc1cc(C(=O)O)c(C)[nH]1.Cc1cc(C(=O)O)c(C)o1.Cc1cc(C(=O)O)c(C)s1.Cc1ccc2c(c1)C(c1ccc(C(=O)O)cc1)c1cc(C)ccc1-2.Cc1ccc2c(c1)C(c1ccccc1)(c1ccc(C(=O)O)cc1)c1cc(C)ccc1-2.Cc1cnc(C)c(C(=O)O)c1.Cc1nc(C(=O)O)c(C)s1.O=C=O. The number of hydrogen-bond donors (Lipinski definition) is 10. The van der Waals surface area contributed by atoms with Crippen LogP contribution in [-0.2, 0) is 15.0 Å². The lowest BCUT2D eigenvalue weighted by Gasteiger charge is -2.34. The molecule has 5 heterocycles. The number of rotatable bonds is 13. The zero-order valence-corrected chi connectivity index (χ0v) is 78.8. The number of allylic oxidation sites excluding steroid dienone is 1. The zero-order chi connectivity index (χ0) is 99.4. The lowest BCUT2D eigenvalue weighted by molar-refractivity contribution is -0.191. The standard InChI is InChI=1S/C28H22O2.C22H18O2.C11H12O2.C11H10O2.C8H9NO2.C7H9NO2.C7H8O3.C7H8O2S.C6H7NO2S.CO2/c1-18-8-14-23-24-15-9-19(2)17-26(24)28(25(23)16-18,21-6-4-3-5-7-21)22-12-10-20(11-13-22)27(29)30;1-13-3-9-17-18-10-4-14(2)12-20(18)21(19(17)11-13)15-5-7-16(8-6-15)22(23)24;2*1-3-4-9-6-5-8(2)7-10(9)11(12)13;1-5-3-7(8(10)11)6(2)9-4-5;1-4-3-6(7(9)10)5(2)8-4;2*1-4-3-6(7(8)9)5(2)10-4;1-3-5(6(8)9)7-4(2)10-3;2-1-3/h3-17H,1-2H3,(H,29,30);3-12,21H,1-2H3,(H,23,24);3-7H,1-2H3,(H,12,13);5-7H,1-2H3,(H,12,13);3-4H,1-2H3,(H,10,11);3,8H,1-2H3,(H,9,10);2*3H,1-2H3,(H,8,9);1-2H3,(H,8,9);.